The van der Waals surface area contributed by atoms with Crippen molar-refractivity contribution in [3.63, 3.8) is 0 Å². The molecule has 31 heavy (non-hydrogen) atoms. The lowest BCUT2D eigenvalue weighted by molar-refractivity contribution is -0.118. The molecule has 9 heteroatoms. The topological polar surface area (TPSA) is 99.8 Å². The predicted octanol–water partition coefficient (Wildman–Crippen LogP) is 2.77. The minimum atomic E-state index is -0.904. The fourth-order valence-corrected chi connectivity index (χ4v) is 4.49. The van der Waals surface area contributed by atoms with Crippen molar-refractivity contribution in [3.8, 4) is 0 Å². The van der Waals surface area contributed by atoms with Gasteiger partial charge < -0.3 is 10.6 Å². The Morgan fingerprint density at radius 3 is 2.74 bits per heavy atom. The minimum absolute atomic E-state index is 0.0166. The first-order valence-corrected chi connectivity index (χ1v) is 9.98. The summed E-state index contributed by atoms with van der Waals surface area (Å²) in [4.78, 5) is 29.7. The zero-order valence-electron chi connectivity index (χ0n) is 16.5. The van der Waals surface area contributed by atoms with E-state index in [4.69, 9.17) is 0 Å². The second-order valence-electron chi connectivity index (χ2n) is 8.02. The van der Waals surface area contributed by atoms with Crippen LogP contribution in [0.3, 0.4) is 0 Å². The van der Waals surface area contributed by atoms with E-state index in [1.807, 2.05) is 37.3 Å². The first-order chi connectivity index (χ1) is 14.9. The molecule has 3 aromatic rings. The number of aromatic amines is 1. The SMILES string of the molecule is C[C@H]1C2c3cc(F)cc(F)c3NC(=O)[C@@H](NC(=O)c3n[nH]c(Cc4ccccc4)n3)C21. The van der Waals surface area contributed by atoms with Crippen LogP contribution in [0.25, 0.3) is 0 Å². The lowest BCUT2D eigenvalue weighted by Crippen LogP contribution is -2.45. The Morgan fingerprint density at radius 2 is 1.97 bits per heavy atom. The number of anilines is 1. The number of benzene rings is 2. The Labute approximate surface area is 176 Å². The van der Waals surface area contributed by atoms with Gasteiger partial charge in [-0.3, -0.25) is 14.7 Å². The number of fused-ring (bicyclic) bond motifs is 3. The van der Waals surface area contributed by atoms with Crippen LogP contribution in [0, 0.1) is 23.5 Å². The fraction of sp³-hybridized carbons (Fsp3) is 0.273. The minimum Gasteiger partial charge on any atom is -0.337 e. The van der Waals surface area contributed by atoms with Gasteiger partial charge in [-0.05, 0) is 34.9 Å². The van der Waals surface area contributed by atoms with E-state index in [-0.39, 0.29) is 29.3 Å². The second kappa shape index (κ2) is 7.26. The highest BCUT2D eigenvalue weighted by molar-refractivity contribution is 6.02. The molecule has 5 rings (SSSR count). The lowest BCUT2D eigenvalue weighted by Gasteiger charge is -2.17. The van der Waals surface area contributed by atoms with Gasteiger partial charge in [-0.15, -0.1) is 5.10 Å². The molecule has 3 N–H and O–H groups in total. The van der Waals surface area contributed by atoms with Gasteiger partial charge in [-0.1, -0.05) is 37.3 Å². The molecule has 2 amide bonds. The number of amides is 2. The number of rotatable bonds is 4. The van der Waals surface area contributed by atoms with Gasteiger partial charge in [0.15, 0.2) is 0 Å². The highest BCUT2D eigenvalue weighted by Crippen LogP contribution is 2.59. The van der Waals surface area contributed by atoms with Gasteiger partial charge in [0.05, 0.1) is 5.69 Å². The van der Waals surface area contributed by atoms with E-state index in [2.05, 4.69) is 25.8 Å². The normalized spacial score (nSPS) is 23.9. The third-order valence-corrected chi connectivity index (χ3v) is 6.04. The van der Waals surface area contributed by atoms with E-state index in [0.29, 0.717) is 17.8 Å². The number of nitrogens with zero attached hydrogens (tertiary/aromatic N) is 2. The summed E-state index contributed by atoms with van der Waals surface area (Å²) in [5.74, 6) is -2.75. The van der Waals surface area contributed by atoms with Crippen LogP contribution in [-0.4, -0.2) is 33.0 Å². The van der Waals surface area contributed by atoms with Gasteiger partial charge in [-0.25, -0.2) is 13.8 Å². The third-order valence-electron chi connectivity index (χ3n) is 6.04. The first kappa shape index (κ1) is 19.3. The quantitative estimate of drug-likeness (QED) is 0.601. The van der Waals surface area contributed by atoms with E-state index in [9.17, 15) is 18.4 Å². The van der Waals surface area contributed by atoms with Gasteiger partial charge >= 0.3 is 0 Å². The summed E-state index contributed by atoms with van der Waals surface area (Å²) in [7, 11) is 0. The number of carbonyl (C=O) groups is 2. The number of aromatic nitrogens is 3. The predicted molar refractivity (Wildman–Crippen MR) is 107 cm³/mol. The molecule has 158 valence electrons. The monoisotopic (exact) mass is 423 g/mol. The largest absolute Gasteiger partial charge is 0.337 e. The van der Waals surface area contributed by atoms with Crippen molar-refractivity contribution < 1.29 is 18.4 Å². The Balaban J connectivity index is 1.34. The standard InChI is InChI=1S/C22H19F2N5O2/c1-10-16-13-8-12(23)9-14(24)18(13)26-21(30)19(17(10)16)27-22(31)20-25-15(28-29-20)7-11-5-3-2-4-6-11/h2-6,8-10,16-17,19H,7H2,1H3,(H,26,30)(H,27,31)(H,25,28,29)/t10-,16?,17?,19-/m0/s1. The van der Waals surface area contributed by atoms with Crippen molar-refractivity contribution in [2.75, 3.05) is 5.32 Å². The average molecular weight is 423 g/mol. The molecule has 2 aliphatic rings. The number of H-pyrrole nitrogens is 1. The van der Waals surface area contributed by atoms with Gasteiger partial charge in [0.1, 0.15) is 23.5 Å². The Kier molecular flexibility index (Phi) is 4.53. The van der Waals surface area contributed by atoms with Crippen LogP contribution >= 0.6 is 0 Å². The van der Waals surface area contributed by atoms with E-state index >= 15 is 0 Å². The van der Waals surface area contributed by atoms with E-state index in [1.165, 1.54) is 6.07 Å². The van der Waals surface area contributed by atoms with E-state index < -0.39 is 29.5 Å². The molecule has 2 aromatic carbocycles. The number of hydrogen-bond acceptors (Lipinski definition) is 4. The molecule has 1 saturated carbocycles. The summed E-state index contributed by atoms with van der Waals surface area (Å²) in [6.45, 7) is 1.89. The van der Waals surface area contributed by atoms with Crippen molar-refractivity contribution in [3.05, 3.63) is 76.9 Å². The van der Waals surface area contributed by atoms with Gasteiger partial charge in [0.25, 0.3) is 5.91 Å². The summed E-state index contributed by atoms with van der Waals surface area (Å²) in [6.07, 6.45) is 0.479. The summed E-state index contributed by atoms with van der Waals surface area (Å²) in [6, 6.07) is 10.7. The van der Waals surface area contributed by atoms with Crippen LogP contribution in [0.2, 0.25) is 0 Å². The summed E-state index contributed by atoms with van der Waals surface area (Å²) in [5, 5.41) is 11.9. The Hall–Kier alpha value is -3.62. The van der Waals surface area contributed by atoms with Crippen molar-refractivity contribution in [2.45, 2.75) is 25.3 Å². The number of hydrogen-bond donors (Lipinski definition) is 3. The average Bonchev–Trinajstić information content (AvgIpc) is 3.20. The first-order valence-electron chi connectivity index (χ1n) is 9.98. The van der Waals surface area contributed by atoms with Crippen molar-refractivity contribution in [2.24, 2.45) is 11.8 Å². The van der Waals surface area contributed by atoms with Crippen molar-refractivity contribution in [1.29, 1.82) is 0 Å². The lowest BCUT2D eigenvalue weighted by atomic mass is 10.0. The number of nitrogens with one attached hydrogen (secondary N) is 3. The van der Waals surface area contributed by atoms with Crippen LogP contribution in [0.1, 0.15) is 40.4 Å². The van der Waals surface area contributed by atoms with Crippen LogP contribution in [0.15, 0.2) is 42.5 Å². The van der Waals surface area contributed by atoms with Gasteiger partial charge in [0, 0.05) is 12.5 Å². The summed E-state index contributed by atoms with van der Waals surface area (Å²) >= 11 is 0. The number of halogens is 2. The van der Waals surface area contributed by atoms with Crippen LogP contribution in [0.4, 0.5) is 14.5 Å². The molecule has 1 aliphatic heterocycles. The maximum atomic E-state index is 14.3. The molecule has 7 nitrogen and oxygen atoms in total. The molecule has 0 spiro atoms. The van der Waals surface area contributed by atoms with Crippen molar-refractivity contribution in [1.82, 2.24) is 20.5 Å². The molecule has 1 fully saturated rings. The van der Waals surface area contributed by atoms with E-state index in [1.54, 1.807) is 0 Å². The zero-order chi connectivity index (χ0) is 21.7. The van der Waals surface area contributed by atoms with Gasteiger partial charge in [-0.2, -0.15) is 0 Å². The molecular formula is C22H19F2N5O2. The molecule has 4 atom stereocenters. The van der Waals surface area contributed by atoms with Crippen LogP contribution < -0.4 is 10.6 Å². The smallest absolute Gasteiger partial charge is 0.291 e. The molecule has 0 saturated heterocycles. The third kappa shape index (κ3) is 3.45. The zero-order valence-corrected chi connectivity index (χ0v) is 16.5. The highest BCUT2D eigenvalue weighted by Gasteiger charge is 2.57. The molecule has 0 bridgehead atoms. The molecule has 2 unspecified atom stereocenters. The van der Waals surface area contributed by atoms with Crippen molar-refractivity contribution >= 4 is 17.5 Å². The Morgan fingerprint density at radius 1 is 1.19 bits per heavy atom. The highest BCUT2D eigenvalue weighted by atomic mass is 19.1. The summed E-state index contributed by atoms with van der Waals surface area (Å²) < 4.78 is 28.0. The number of carbonyl (C=O) groups excluding carboxylic acids is 2. The van der Waals surface area contributed by atoms with Gasteiger partial charge in [0.2, 0.25) is 11.7 Å². The maximum absolute atomic E-state index is 14.3. The summed E-state index contributed by atoms with van der Waals surface area (Å²) in [5.41, 5.74) is 1.41. The van der Waals surface area contributed by atoms with E-state index in [0.717, 1.165) is 11.6 Å². The maximum Gasteiger partial charge on any atom is 0.291 e. The molecule has 1 aromatic heterocycles. The molecular weight excluding hydrogens is 404 g/mol. The van der Waals surface area contributed by atoms with Crippen LogP contribution in [0.5, 0.6) is 0 Å². The molecule has 1 aliphatic carbocycles. The Bertz CT molecular complexity index is 1180. The molecule has 0 radical (unpaired) electrons. The fourth-order valence-electron chi connectivity index (χ4n) is 4.49. The molecule has 2 heterocycles. The second-order valence-corrected chi connectivity index (χ2v) is 8.02. The van der Waals surface area contributed by atoms with Crippen LogP contribution in [-0.2, 0) is 11.2 Å².